The molecule has 5 heteroatoms. The van der Waals surface area contributed by atoms with Gasteiger partial charge in [-0.05, 0) is 36.9 Å². The van der Waals surface area contributed by atoms with E-state index in [4.69, 9.17) is 4.74 Å². The molecule has 0 saturated heterocycles. The Bertz CT molecular complexity index is 566. The monoisotopic (exact) mass is 276 g/mol. The number of aromatic nitrogens is 1. The molecule has 2 aromatic rings. The Morgan fingerprint density at radius 2 is 2.32 bits per heavy atom. The lowest BCUT2D eigenvalue weighted by atomic mass is 10.2. The standard InChI is InChI=1S/C14H16N2O2S/c1-3-18-14-11(5-4-7-15-14)9-16-13(17)12-10(2)6-8-19-12/h4-8H,3,9H2,1-2H3,(H,16,17). The van der Waals surface area contributed by atoms with Crippen molar-refractivity contribution >= 4 is 17.2 Å². The number of amides is 1. The van der Waals surface area contributed by atoms with Gasteiger partial charge in [-0.3, -0.25) is 4.79 Å². The number of pyridine rings is 1. The number of nitrogens with one attached hydrogen (secondary N) is 1. The molecule has 0 radical (unpaired) electrons. The first-order valence-electron chi connectivity index (χ1n) is 6.11. The minimum atomic E-state index is -0.0567. The van der Waals surface area contributed by atoms with Crippen molar-refractivity contribution in [3.8, 4) is 5.88 Å². The first-order valence-corrected chi connectivity index (χ1v) is 6.99. The quantitative estimate of drug-likeness (QED) is 0.913. The van der Waals surface area contributed by atoms with Crippen molar-refractivity contribution < 1.29 is 9.53 Å². The van der Waals surface area contributed by atoms with Crippen molar-refractivity contribution in [1.29, 1.82) is 0 Å². The zero-order valence-electron chi connectivity index (χ0n) is 11.0. The van der Waals surface area contributed by atoms with Gasteiger partial charge in [0.15, 0.2) is 0 Å². The Balaban J connectivity index is 2.03. The molecular weight excluding hydrogens is 260 g/mol. The third-order valence-electron chi connectivity index (χ3n) is 2.64. The maximum Gasteiger partial charge on any atom is 0.261 e. The van der Waals surface area contributed by atoms with Gasteiger partial charge in [0, 0.05) is 18.3 Å². The largest absolute Gasteiger partial charge is 0.478 e. The molecule has 0 bridgehead atoms. The van der Waals surface area contributed by atoms with Crippen LogP contribution in [0.15, 0.2) is 29.8 Å². The van der Waals surface area contributed by atoms with Crippen molar-refractivity contribution in [3.05, 3.63) is 45.8 Å². The Morgan fingerprint density at radius 1 is 1.47 bits per heavy atom. The summed E-state index contributed by atoms with van der Waals surface area (Å²) in [5, 5.41) is 4.81. The van der Waals surface area contributed by atoms with Gasteiger partial charge in [-0.2, -0.15) is 0 Å². The van der Waals surface area contributed by atoms with Crippen LogP contribution in [0.1, 0.15) is 27.7 Å². The minimum Gasteiger partial charge on any atom is -0.478 e. The van der Waals surface area contributed by atoms with Crippen LogP contribution in [0.25, 0.3) is 0 Å². The van der Waals surface area contributed by atoms with Gasteiger partial charge in [-0.1, -0.05) is 6.07 Å². The molecule has 2 rings (SSSR count). The van der Waals surface area contributed by atoms with Crippen molar-refractivity contribution in [2.75, 3.05) is 6.61 Å². The van der Waals surface area contributed by atoms with E-state index in [9.17, 15) is 4.79 Å². The summed E-state index contributed by atoms with van der Waals surface area (Å²) in [7, 11) is 0. The van der Waals surface area contributed by atoms with Gasteiger partial charge in [0.2, 0.25) is 5.88 Å². The average Bonchev–Trinajstić information content (AvgIpc) is 2.84. The van der Waals surface area contributed by atoms with E-state index in [-0.39, 0.29) is 5.91 Å². The van der Waals surface area contributed by atoms with Crippen LogP contribution in [0, 0.1) is 6.92 Å². The minimum absolute atomic E-state index is 0.0567. The SMILES string of the molecule is CCOc1ncccc1CNC(=O)c1sccc1C. The van der Waals surface area contributed by atoms with Crippen LogP contribution in [0.3, 0.4) is 0 Å². The summed E-state index contributed by atoms with van der Waals surface area (Å²) in [5.41, 5.74) is 1.88. The van der Waals surface area contributed by atoms with Crippen LogP contribution in [0.4, 0.5) is 0 Å². The Hall–Kier alpha value is -1.88. The van der Waals surface area contributed by atoms with Gasteiger partial charge >= 0.3 is 0 Å². The molecule has 0 spiro atoms. The van der Waals surface area contributed by atoms with Gasteiger partial charge in [0.1, 0.15) is 0 Å². The van der Waals surface area contributed by atoms with Crippen LogP contribution in [0.5, 0.6) is 5.88 Å². The van der Waals surface area contributed by atoms with E-state index in [0.717, 1.165) is 16.0 Å². The highest BCUT2D eigenvalue weighted by Gasteiger charge is 2.11. The van der Waals surface area contributed by atoms with Crippen molar-refractivity contribution in [2.24, 2.45) is 0 Å². The number of nitrogens with zero attached hydrogens (tertiary/aromatic N) is 1. The molecule has 4 nitrogen and oxygen atoms in total. The fraction of sp³-hybridized carbons (Fsp3) is 0.286. The average molecular weight is 276 g/mol. The second-order valence-corrected chi connectivity index (χ2v) is 4.93. The lowest BCUT2D eigenvalue weighted by Crippen LogP contribution is -2.23. The normalized spacial score (nSPS) is 10.2. The van der Waals surface area contributed by atoms with E-state index in [1.165, 1.54) is 11.3 Å². The molecule has 0 unspecified atom stereocenters. The van der Waals surface area contributed by atoms with E-state index in [1.807, 2.05) is 37.4 Å². The fourth-order valence-corrected chi connectivity index (χ4v) is 2.53. The van der Waals surface area contributed by atoms with E-state index >= 15 is 0 Å². The molecule has 19 heavy (non-hydrogen) atoms. The molecule has 0 aliphatic rings. The third-order valence-corrected chi connectivity index (χ3v) is 3.65. The third kappa shape index (κ3) is 3.32. The molecule has 0 fully saturated rings. The highest BCUT2D eigenvalue weighted by Crippen LogP contribution is 2.17. The smallest absolute Gasteiger partial charge is 0.261 e. The summed E-state index contributed by atoms with van der Waals surface area (Å²) in [4.78, 5) is 16.9. The van der Waals surface area contributed by atoms with Crippen molar-refractivity contribution in [3.63, 3.8) is 0 Å². The predicted molar refractivity (Wildman–Crippen MR) is 75.6 cm³/mol. The summed E-state index contributed by atoms with van der Waals surface area (Å²) in [6.45, 7) is 4.81. The fourth-order valence-electron chi connectivity index (χ4n) is 1.69. The number of rotatable bonds is 5. The van der Waals surface area contributed by atoms with Gasteiger partial charge in [0.05, 0.1) is 11.5 Å². The molecule has 0 aromatic carbocycles. The number of aryl methyl sites for hydroxylation is 1. The van der Waals surface area contributed by atoms with Gasteiger partial charge in [-0.25, -0.2) is 4.98 Å². The molecule has 0 atom stereocenters. The second-order valence-electron chi connectivity index (χ2n) is 4.02. The first-order chi connectivity index (χ1) is 9.22. The first kappa shape index (κ1) is 13.5. The highest BCUT2D eigenvalue weighted by atomic mass is 32.1. The van der Waals surface area contributed by atoms with Crippen molar-refractivity contribution in [1.82, 2.24) is 10.3 Å². The second kappa shape index (κ2) is 6.33. The molecule has 1 N–H and O–H groups in total. The summed E-state index contributed by atoms with van der Waals surface area (Å²) in [5.74, 6) is 0.520. The molecule has 2 heterocycles. The van der Waals surface area contributed by atoms with Gasteiger partial charge in [0.25, 0.3) is 5.91 Å². The molecule has 0 aliphatic heterocycles. The maximum absolute atomic E-state index is 12.0. The number of thiophene rings is 1. The van der Waals surface area contributed by atoms with Crippen LogP contribution < -0.4 is 10.1 Å². The van der Waals surface area contributed by atoms with Crippen LogP contribution in [-0.2, 0) is 6.54 Å². The molecule has 0 saturated carbocycles. The number of hydrogen-bond donors (Lipinski definition) is 1. The zero-order valence-corrected chi connectivity index (χ0v) is 11.8. The van der Waals surface area contributed by atoms with E-state index in [1.54, 1.807) is 6.20 Å². The summed E-state index contributed by atoms with van der Waals surface area (Å²) in [6, 6.07) is 5.68. The molecular formula is C14H16N2O2S. The number of carbonyl (C=O) groups excluding carboxylic acids is 1. The molecule has 2 aromatic heterocycles. The molecule has 0 aliphatic carbocycles. The predicted octanol–water partition coefficient (Wildman–Crippen LogP) is 2.78. The topological polar surface area (TPSA) is 51.2 Å². The summed E-state index contributed by atoms with van der Waals surface area (Å²) in [6.07, 6.45) is 1.68. The van der Waals surface area contributed by atoms with E-state index in [0.29, 0.717) is 19.0 Å². The molecule has 100 valence electrons. The lowest BCUT2D eigenvalue weighted by molar-refractivity contribution is 0.0954. The zero-order chi connectivity index (χ0) is 13.7. The molecule has 1 amide bonds. The Kier molecular flexibility index (Phi) is 4.52. The Morgan fingerprint density at radius 3 is 3.00 bits per heavy atom. The number of hydrogen-bond acceptors (Lipinski definition) is 4. The number of ether oxygens (including phenoxy) is 1. The van der Waals surface area contributed by atoms with Gasteiger partial charge in [-0.15, -0.1) is 11.3 Å². The van der Waals surface area contributed by atoms with Crippen molar-refractivity contribution in [2.45, 2.75) is 20.4 Å². The Labute approximate surface area is 116 Å². The van der Waals surface area contributed by atoms with Crippen LogP contribution in [0.2, 0.25) is 0 Å². The highest BCUT2D eigenvalue weighted by molar-refractivity contribution is 7.12. The maximum atomic E-state index is 12.0. The van der Waals surface area contributed by atoms with Gasteiger partial charge < -0.3 is 10.1 Å². The summed E-state index contributed by atoms with van der Waals surface area (Å²) >= 11 is 1.45. The van der Waals surface area contributed by atoms with E-state index < -0.39 is 0 Å². The van der Waals surface area contributed by atoms with Crippen LogP contribution >= 0.6 is 11.3 Å². The summed E-state index contributed by atoms with van der Waals surface area (Å²) < 4.78 is 5.42. The number of carbonyl (C=O) groups is 1. The van der Waals surface area contributed by atoms with E-state index in [2.05, 4.69) is 10.3 Å². The van der Waals surface area contributed by atoms with Crippen LogP contribution in [-0.4, -0.2) is 17.5 Å². The lowest BCUT2D eigenvalue weighted by Gasteiger charge is -2.09.